The van der Waals surface area contributed by atoms with Crippen LogP contribution >= 0.6 is 11.6 Å². The minimum atomic E-state index is -0.585. The zero-order chi connectivity index (χ0) is 9.84. The molecule has 0 unspecified atom stereocenters. The Morgan fingerprint density at radius 1 is 1.54 bits per heavy atom. The molecule has 0 saturated carbocycles. The Kier molecular flexibility index (Phi) is 3.25. The summed E-state index contributed by atoms with van der Waals surface area (Å²) in [6, 6.07) is 3.67. The van der Waals surface area contributed by atoms with Gasteiger partial charge < -0.3 is 5.11 Å². The molecule has 0 bridgehead atoms. The SMILES string of the molecule is O=C(CCl)Cc1ccc(O)cc1F. The molecule has 0 aromatic heterocycles. The number of hydrogen-bond donors (Lipinski definition) is 1. The standard InChI is InChI=1S/C9H8ClFO2/c10-5-8(13)3-6-1-2-7(12)4-9(6)11/h1-2,4,12H,3,5H2. The van der Waals surface area contributed by atoms with Gasteiger partial charge in [0.05, 0.1) is 5.88 Å². The lowest BCUT2D eigenvalue weighted by atomic mass is 10.1. The third-order valence-electron chi connectivity index (χ3n) is 1.57. The molecule has 0 radical (unpaired) electrons. The quantitative estimate of drug-likeness (QED) is 0.760. The van der Waals surface area contributed by atoms with E-state index < -0.39 is 5.82 Å². The predicted octanol–water partition coefficient (Wildman–Crippen LogP) is 1.88. The summed E-state index contributed by atoms with van der Waals surface area (Å²) >= 11 is 5.26. The normalized spacial score (nSPS) is 10.0. The number of ketones is 1. The van der Waals surface area contributed by atoms with Gasteiger partial charge >= 0.3 is 0 Å². The molecular weight excluding hydrogens is 195 g/mol. The van der Waals surface area contributed by atoms with Gasteiger partial charge in [-0.2, -0.15) is 0 Å². The molecule has 0 saturated heterocycles. The molecule has 0 heterocycles. The van der Waals surface area contributed by atoms with Crippen LogP contribution in [0, 0.1) is 5.82 Å². The number of carbonyl (C=O) groups is 1. The van der Waals surface area contributed by atoms with Gasteiger partial charge in [0.2, 0.25) is 0 Å². The Hall–Kier alpha value is -1.09. The number of phenols is 1. The van der Waals surface area contributed by atoms with Crippen LogP contribution in [0.5, 0.6) is 5.75 Å². The highest BCUT2D eigenvalue weighted by atomic mass is 35.5. The Morgan fingerprint density at radius 2 is 2.23 bits per heavy atom. The van der Waals surface area contributed by atoms with Gasteiger partial charge in [-0.05, 0) is 11.6 Å². The highest BCUT2D eigenvalue weighted by Crippen LogP contribution is 2.15. The van der Waals surface area contributed by atoms with Crippen molar-refractivity contribution in [2.24, 2.45) is 0 Å². The first kappa shape index (κ1) is 9.99. The Labute approximate surface area is 80.0 Å². The van der Waals surface area contributed by atoms with E-state index in [4.69, 9.17) is 16.7 Å². The van der Waals surface area contributed by atoms with E-state index in [9.17, 15) is 9.18 Å². The fourth-order valence-electron chi connectivity index (χ4n) is 0.939. The molecule has 4 heteroatoms. The maximum Gasteiger partial charge on any atom is 0.152 e. The largest absolute Gasteiger partial charge is 0.508 e. The van der Waals surface area contributed by atoms with Crippen LogP contribution in [0.4, 0.5) is 4.39 Å². The maximum absolute atomic E-state index is 13.0. The van der Waals surface area contributed by atoms with E-state index in [2.05, 4.69) is 0 Å². The van der Waals surface area contributed by atoms with E-state index in [1.54, 1.807) is 0 Å². The average Bonchev–Trinajstić information content (AvgIpc) is 2.09. The molecular formula is C9H8ClFO2. The van der Waals surface area contributed by atoms with Gasteiger partial charge in [0.1, 0.15) is 11.6 Å². The van der Waals surface area contributed by atoms with Crippen molar-refractivity contribution in [3.05, 3.63) is 29.6 Å². The molecule has 1 N–H and O–H groups in total. The summed E-state index contributed by atoms with van der Waals surface area (Å²) in [5.41, 5.74) is 0.253. The predicted molar refractivity (Wildman–Crippen MR) is 47.5 cm³/mol. The average molecular weight is 203 g/mol. The molecule has 1 aromatic rings. The molecule has 0 aliphatic rings. The van der Waals surface area contributed by atoms with Gasteiger partial charge in [-0.3, -0.25) is 4.79 Å². The van der Waals surface area contributed by atoms with Gasteiger partial charge in [-0.15, -0.1) is 11.6 Å². The fourth-order valence-corrected chi connectivity index (χ4v) is 1.03. The molecule has 1 rings (SSSR count). The van der Waals surface area contributed by atoms with Crippen LogP contribution in [0.25, 0.3) is 0 Å². The van der Waals surface area contributed by atoms with Crippen LogP contribution in [0.2, 0.25) is 0 Å². The van der Waals surface area contributed by atoms with Crippen molar-refractivity contribution in [3.63, 3.8) is 0 Å². The number of aromatic hydroxyl groups is 1. The molecule has 1 aromatic carbocycles. The van der Waals surface area contributed by atoms with Crippen molar-refractivity contribution in [1.82, 2.24) is 0 Å². The summed E-state index contributed by atoms with van der Waals surface area (Å²) in [6.07, 6.45) is -0.0321. The van der Waals surface area contributed by atoms with Crippen LogP contribution in [0.1, 0.15) is 5.56 Å². The Balaban J connectivity index is 2.83. The van der Waals surface area contributed by atoms with Crippen molar-refractivity contribution in [1.29, 1.82) is 0 Å². The number of halogens is 2. The zero-order valence-corrected chi connectivity index (χ0v) is 7.51. The van der Waals surface area contributed by atoms with Gasteiger partial charge in [0.15, 0.2) is 5.78 Å². The van der Waals surface area contributed by atoms with E-state index in [1.807, 2.05) is 0 Å². The van der Waals surface area contributed by atoms with Gasteiger partial charge in [0, 0.05) is 12.5 Å². The molecule has 2 nitrogen and oxygen atoms in total. The number of rotatable bonds is 3. The summed E-state index contributed by atoms with van der Waals surface area (Å²) in [7, 11) is 0. The fraction of sp³-hybridized carbons (Fsp3) is 0.222. The first-order valence-corrected chi connectivity index (χ1v) is 4.22. The van der Waals surface area contributed by atoms with Crippen molar-refractivity contribution >= 4 is 17.4 Å². The number of Topliss-reactive ketones (excluding diaryl/α,β-unsaturated/α-hetero) is 1. The second-order valence-electron chi connectivity index (χ2n) is 2.62. The van der Waals surface area contributed by atoms with Crippen molar-refractivity contribution in [3.8, 4) is 5.75 Å². The summed E-state index contributed by atoms with van der Waals surface area (Å²) in [4.78, 5) is 10.9. The van der Waals surface area contributed by atoms with Crippen molar-refractivity contribution in [2.45, 2.75) is 6.42 Å². The summed E-state index contributed by atoms with van der Waals surface area (Å²) in [5.74, 6) is -1.11. The van der Waals surface area contributed by atoms with E-state index in [-0.39, 0.29) is 29.4 Å². The highest BCUT2D eigenvalue weighted by molar-refractivity contribution is 6.27. The lowest BCUT2D eigenvalue weighted by Crippen LogP contribution is -2.05. The Bertz CT molecular complexity index is 325. The lowest BCUT2D eigenvalue weighted by molar-refractivity contribution is -0.116. The van der Waals surface area contributed by atoms with Crippen LogP contribution < -0.4 is 0 Å². The van der Waals surface area contributed by atoms with Crippen LogP contribution in [0.15, 0.2) is 18.2 Å². The van der Waals surface area contributed by atoms with Crippen molar-refractivity contribution in [2.75, 3.05) is 5.88 Å². The molecule has 70 valence electrons. The van der Waals surface area contributed by atoms with Crippen LogP contribution in [-0.4, -0.2) is 16.8 Å². The monoisotopic (exact) mass is 202 g/mol. The van der Waals surface area contributed by atoms with Crippen molar-refractivity contribution < 1.29 is 14.3 Å². The van der Waals surface area contributed by atoms with E-state index >= 15 is 0 Å². The second-order valence-corrected chi connectivity index (χ2v) is 2.89. The molecule has 0 atom stereocenters. The van der Waals surface area contributed by atoms with Gasteiger partial charge in [-0.25, -0.2) is 4.39 Å². The summed E-state index contributed by atoms with van der Waals surface area (Å²) in [6.45, 7) is 0. The molecule has 0 amide bonds. The minimum absolute atomic E-state index is 0.0321. The number of alkyl halides is 1. The molecule has 0 aliphatic heterocycles. The van der Waals surface area contributed by atoms with Crippen LogP contribution in [-0.2, 0) is 11.2 Å². The first-order chi connectivity index (χ1) is 6.13. The summed E-state index contributed by atoms with van der Waals surface area (Å²) in [5, 5.41) is 8.88. The number of carbonyl (C=O) groups excluding carboxylic acids is 1. The molecule has 0 aliphatic carbocycles. The number of benzene rings is 1. The van der Waals surface area contributed by atoms with E-state index in [1.165, 1.54) is 12.1 Å². The molecule has 0 fully saturated rings. The molecule has 0 spiro atoms. The van der Waals surface area contributed by atoms with E-state index in [0.29, 0.717) is 0 Å². The van der Waals surface area contributed by atoms with Gasteiger partial charge in [0.25, 0.3) is 0 Å². The van der Waals surface area contributed by atoms with Crippen LogP contribution in [0.3, 0.4) is 0 Å². The first-order valence-electron chi connectivity index (χ1n) is 3.68. The minimum Gasteiger partial charge on any atom is -0.508 e. The van der Waals surface area contributed by atoms with Gasteiger partial charge in [-0.1, -0.05) is 6.07 Å². The smallest absolute Gasteiger partial charge is 0.152 e. The topological polar surface area (TPSA) is 37.3 Å². The van der Waals surface area contributed by atoms with E-state index in [0.717, 1.165) is 6.07 Å². The second kappa shape index (κ2) is 4.23. The lowest BCUT2D eigenvalue weighted by Gasteiger charge is -2.00. The molecule has 13 heavy (non-hydrogen) atoms. The third kappa shape index (κ3) is 2.70. The third-order valence-corrected chi connectivity index (χ3v) is 1.87. The maximum atomic E-state index is 13.0. The Morgan fingerprint density at radius 3 is 2.77 bits per heavy atom. The highest BCUT2D eigenvalue weighted by Gasteiger charge is 2.07. The zero-order valence-electron chi connectivity index (χ0n) is 6.76. The number of phenolic OH excluding ortho intramolecular Hbond substituents is 1. The number of hydrogen-bond acceptors (Lipinski definition) is 2. The summed E-state index contributed by atoms with van der Waals surface area (Å²) < 4.78 is 13.0.